The van der Waals surface area contributed by atoms with Gasteiger partial charge in [0.15, 0.2) is 0 Å². The van der Waals surface area contributed by atoms with Gasteiger partial charge in [-0.15, -0.1) is 0 Å². The van der Waals surface area contributed by atoms with Gasteiger partial charge >= 0.3 is 0 Å². The lowest BCUT2D eigenvalue weighted by Crippen LogP contribution is -2.07. The Balaban J connectivity index is 2.12. The van der Waals surface area contributed by atoms with Gasteiger partial charge in [-0.3, -0.25) is 0 Å². The van der Waals surface area contributed by atoms with E-state index in [-0.39, 0.29) is 0 Å². The van der Waals surface area contributed by atoms with Crippen LogP contribution >= 0.6 is 11.8 Å². The molecule has 0 N–H and O–H groups in total. The summed E-state index contributed by atoms with van der Waals surface area (Å²) in [5, 5.41) is 0. The summed E-state index contributed by atoms with van der Waals surface area (Å²) < 4.78 is 11.3. The second-order valence-corrected chi connectivity index (χ2v) is 5.87. The van der Waals surface area contributed by atoms with Crippen molar-refractivity contribution in [2.45, 2.75) is 33.8 Å². The maximum atomic E-state index is 5.78. The van der Waals surface area contributed by atoms with Gasteiger partial charge in [0, 0.05) is 11.5 Å². The summed E-state index contributed by atoms with van der Waals surface area (Å²) in [6.45, 7) is 9.88. The normalized spacial score (nSPS) is 10.9. The van der Waals surface area contributed by atoms with Crippen molar-refractivity contribution in [1.29, 1.82) is 0 Å². The third-order valence-electron chi connectivity index (χ3n) is 2.51. The van der Waals surface area contributed by atoms with E-state index in [1.54, 1.807) is 0 Å². The zero-order valence-corrected chi connectivity index (χ0v) is 12.7. The molecule has 0 atom stereocenters. The van der Waals surface area contributed by atoms with Gasteiger partial charge in [-0.2, -0.15) is 11.8 Å². The average Bonchev–Trinajstić information content (AvgIpc) is 2.32. The van der Waals surface area contributed by atoms with Crippen LogP contribution in [0.2, 0.25) is 0 Å². The molecule has 1 rings (SSSR count). The van der Waals surface area contributed by atoms with Gasteiger partial charge < -0.3 is 9.47 Å². The molecule has 2 nitrogen and oxygen atoms in total. The number of rotatable bonds is 8. The molecule has 1 aromatic carbocycles. The summed E-state index contributed by atoms with van der Waals surface area (Å²) in [4.78, 5) is 0. The van der Waals surface area contributed by atoms with Crippen LogP contribution in [-0.4, -0.2) is 30.8 Å². The van der Waals surface area contributed by atoms with E-state index in [0.717, 1.165) is 30.5 Å². The first-order valence-corrected chi connectivity index (χ1v) is 7.64. The molecule has 0 heterocycles. The zero-order valence-electron chi connectivity index (χ0n) is 11.9. The lowest BCUT2D eigenvalue weighted by Gasteiger charge is -2.10. The third kappa shape index (κ3) is 6.31. The highest BCUT2D eigenvalue weighted by molar-refractivity contribution is 7.99. The molecule has 0 unspecified atom stereocenters. The molecule has 102 valence electrons. The topological polar surface area (TPSA) is 18.5 Å². The van der Waals surface area contributed by atoms with E-state index in [4.69, 9.17) is 9.47 Å². The van der Waals surface area contributed by atoms with Crippen LogP contribution in [0.3, 0.4) is 0 Å². The van der Waals surface area contributed by atoms with Crippen LogP contribution in [-0.2, 0) is 4.74 Å². The molecule has 0 aliphatic rings. The molecule has 1 aromatic rings. The minimum atomic E-state index is 0.330. The van der Waals surface area contributed by atoms with Crippen LogP contribution in [0, 0.1) is 13.8 Å². The van der Waals surface area contributed by atoms with Gasteiger partial charge in [0.2, 0.25) is 0 Å². The molecule has 0 aliphatic heterocycles. The van der Waals surface area contributed by atoms with Gasteiger partial charge in [-0.1, -0.05) is 12.1 Å². The van der Waals surface area contributed by atoms with E-state index in [1.807, 2.05) is 11.8 Å². The minimum absolute atomic E-state index is 0.330. The van der Waals surface area contributed by atoms with Gasteiger partial charge in [-0.25, -0.2) is 0 Å². The van der Waals surface area contributed by atoms with Crippen molar-refractivity contribution in [2.24, 2.45) is 0 Å². The van der Waals surface area contributed by atoms with Crippen molar-refractivity contribution in [3.8, 4) is 5.75 Å². The monoisotopic (exact) mass is 268 g/mol. The molecule has 0 amide bonds. The number of thioether (sulfide) groups is 1. The number of hydrogen-bond donors (Lipinski definition) is 0. The Morgan fingerprint density at radius 1 is 1.11 bits per heavy atom. The summed E-state index contributed by atoms with van der Waals surface area (Å²) in [6, 6.07) is 6.32. The first-order valence-electron chi connectivity index (χ1n) is 6.49. The van der Waals surface area contributed by atoms with E-state index in [9.17, 15) is 0 Å². The molecule has 18 heavy (non-hydrogen) atoms. The van der Waals surface area contributed by atoms with Crippen molar-refractivity contribution in [1.82, 2.24) is 0 Å². The number of benzene rings is 1. The predicted octanol–water partition coefficient (Wildman–Crippen LogP) is 3.84. The average molecular weight is 268 g/mol. The van der Waals surface area contributed by atoms with E-state index >= 15 is 0 Å². The smallest absolute Gasteiger partial charge is 0.122 e. The highest BCUT2D eigenvalue weighted by Crippen LogP contribution is 2.19. The fraction of sp³-hybridized carbons (Fsp3) is 0.600. The van der Waals surface area contributed by atoms with Gasteiger partial charge in [0.25, 0.3) is 0 Å². The molecular weight excluding hydrogens is 244 g/mol. The molecule has 3 heteroatoms. The fourth-order valence-electron chi connectivity index (χ4n) is 1.52. The molecule has 0 aromatic heterocycles. The Bertz CT molecular complexity index is 350. The van der Waals surface area contributed by atoms with E-state index in [1.165, 1.54) is 11.1 Å². The Morgan fingerprint density at radius 2 is 1.83 bits per heavy atom. The SMILES string of the molecule is Cc1ccc(C)c(OCCSCCOC(C)C)c1. The summed E-state index contributed by atoms with van der Waals surface area (Å²) in [6.07, 6.45) is 0.330. The minimum Gasteiger partial charge on any atom is -0.492 e. The van der Waals surface area contributed by atoms with Crippen LogP contribution in [0.5, 0.6) is 5.75 Å². The molecule has 0 aliphatic carbocycles. The first kappa shape index (κ1) is 15.4. The van der Waals surface area contributed by atoms with Gasteiger partial charge in [-0.05, 0) is 44.9 Å². The van der Waals surface area contributed by atoms with Crippen LogP contribution in [0.15, 0.2) is 18.2 Å². The number of ether oxygens (including phenoxy) is 2. The molecule has 0 saturated heterocycles. The maximum Gasteiger partial charge on any atom is 0.122 e. The third-order valence-corrected chi connectivity index (χ3v) is 3.42. The Hall–Kier alpha value is -0.670. The highest BCUT2D eigenvalue weighted by Gasteiger charge is 2.00. The quantitative estimate of drug-likeness (QED) is 0.667. The second-order valence-electron chi connectivity index (χ2n) is 4.65. The Morgan fingerprint density at radius 3 is 2.56 bits per heavy atom. The maximum absolute atomic E-state index is 5.78. The molecular formula is C15H24O2S. The summed E-state index contributed by atoms with van der Waals surface area (Å²) >= 11 is 1.87. The Kier molecular flexibility index (Phi) is 7.21. The van der Waals surface area contributed by atoms with Crippen LogP contribution in [0.25, 0.3) is 0 Å². The van der Waals surface area contributed by atoms with Crippen LogP contribution < -0.4 is 4.74 Å². The van der Waals surface area contributed by atoms with Crippen molar-refractivity contribution >= 4 is 11.8 Å². The van der Waals surface area contributed by atoms with Gasteiger partial charge in [0.05, 0.1) is 19.3 Å². The number of aryl methyl sites for hydroxylation is 2. The standard InChI is InChI=1S/C15H24O2S/c1-12(2)16-7-9-18-10-8-17-15-11-13(3)5-6-14(15)4/h5-6,11-12H,7-10H2,1-4H3. The lowest BCUT2D eigenvalue weighted by atomic mass is 10.1. The largest absolute Gasteiger partial charge is 0.492 e. The molecule has 0 spiro atoms. The molecule has 0 saturated carbocycles. The molecule has 0 fully saturated rings. The van der Waals surface area contributed by atoms with Crippen molar-refractivity contribution in [3.63, 3.8) is 0 Å². The summed E-state index contributed by atoms with van der Waals surface area (Å²) in [7, 11) is 0. The lowest BCUT2D eigenvalue weighted by molar-refractivity contribution is 0.0920. The van der Waals surface area contributed by atoms with Crippen LogP contribution in [0.1, 0.15) is 25.0 Å². The van der Waals surface area contributed by atoms with Crippen molar-refractivity contribution in [3.05, 3.63) is 29.3 Å². The van der Waals surface area contributed by atoms with Crippen molar-refractivity contribution in [2.75, 3.05) is 24.7 Å². The molecule has 0 radical (unpaired) electrons. The zero-order chi connectivity index (χ0) is 13.4. The van der Waals surface area contributed by atoms with Crippen molar-refractivity contribution < 1.29 is 9.47 Å². The van der Waals surface area contributed by atoms with Gasteiger partial charge in [0.1, 0.15) is 5.75 Å². The van der Waals surface area contributed by atoms with E-state index in [2.05, 4.69) is 45.9 Å². The summed E-state index contributed by atoms with van der Waals surface area (Å²) in [5.41, 5.74) is 2.45. The first-order chi connectivity index (χ1) is 8.59. The Labute approximate surface area is 115 Å². The fourth-order valence-corrected chi connectivity index (χ4v) is 2.14. The summed E-state index contributed by atoms with van der Waals surface area (Å²) in [5.74, 6) is 3.05. The van der Waals surface area contributed by atoms with Crippen LogP contribution in [0.4, 0.5) is 0 Å². The predicted molar refractivity (Wildman–Crippen MR) is 79.8 cm³/mol. The highest BCUT2D eigenvalue weighted by atomic mass is 32.2. The van der Waals surface area contributed by atoms with E-state index < -0.39 is 0 Å². The number of hydrogen-bond acceptors (Lipinski definition) is 3. The second kappa shape index (κ2) is 8.44. The molecule has 0 bridgehead atoms. The van der Waals surface area contributed by atoms with E-state index in [0.29, 0.717) is 6.10 Å².